The van der Waals surface area contributed by atoms with E-state index < -0.39 is 11.5 Å². The second-order valence-electron chi connectivity index (χ2n) is 3.92. The Morgan fingerprint density at radius 3 is 2.38 bits per heavy atom. The SMILES string of the molecule is CS[C@@]1(C)CCCC[C@@]1(N)C(=O)O. The van der Waals surface area contributed by atoms with E-state index in [2.05, 4.69) is 0 Å². The molecule has 1 aliphatic carbocycles. The van der Waals surface area contributed by atoms with Crippen molar-refractivity contribution >= 4 is 17.7 Å². The van der Waals surface area contributed by atoms with Crippen LogP contribution in [0.1, 0.15) is 32.6 Å². The second-order valence-corrected chi connectivity index (χ2v) is 5.23. The maximum absolute atomic E-state index is 11.1. The third-order valence-corrected chi connectivity index (χ3v) is 4.72. The van der Waals surface area contributed by atoms with Crippen molar-refractivity contribution in [2.45, 2.75) is 42.9 Å². The van der Waals surface area contributed by atoms with Gasteiger partial charge in [-0.2, -0.15) is 11.8 Å². The Morgan fingerprint density at radius 1 is 1.46 bits per heavy atom. The van der Waals surface area contributed by atoms with Crippen molar-refractivity contribution in [1.29, 1.82) is 0 Å². The molecule has 0 radical (unpaired) electrons. The fourth-order valence-corrected chi connectivity index (χ4v) is 2.87. The molecule has 3 N–H and O–H groups in total. The van der Waals surface area contributed by atoms with Crippen LogP contribution in [0.25, 0.3) is 0 Å². The summed E-state index contributed by atoms with van der Waals surface area (Å²) in [7, 11) is 0. The van der Waals surface area contributed by atoms with E-state index >= 15 is 0 Å². The summed E-state index contributed by atoms with van der Waals surface area (Å²) in [5, 5.41) is 9.13. The van der Waals surface area contributed by atoms with Gasteiger partial charge in [-0.05, 0) is 26.0 Å². The minimum absolute atomic E-state index is 0.308. The van der Waals surface area contributed by atoms with E-state index in [1.807, 2.05) is 13.2 Å². The van der Waals surface area contributed by atoms with Crippen LogP contribution in [0.2, 0.25) is 0 Å². The van der Waals surface area contributed by atoms with Gasteiger partial charge in [0.05, 0.1) is 0 Å². The molecule has 0 saturated heterocycles. The summed E-state index contributed by atoms with van der Waals surface area (Å²) in [5.41, 5.74) is 4.93. The fraction of sp³-hybridized carbons (Fsp3) is 0.889. The van der Waals surface area contributed by atoms with Crippen LogP contribution < -0.4 is 5.73 Å². The highest BCUT2D eigenvalue weighted by molar-refractivity contribution is 8.00. The number of hydrogen-bond acceptors (Lipinski definition) is 3. The van der Waals surface area contributed by atoms with E-state index in [4.69, 9.17) is 10.8 Å². The summed E-state index contributed by atoms with van der Waals surface area (Å²) in [6, 6.07) is 0. The van der Waals surface area contributed by atoms with E-state index in [-0.39, 0.29) is 4.75 Å². The Hall–Kier alpha value is -0.220. The van der Waals surface area contributed by atoms with E-state index in [9.17, 15) is 4.79 Å². The van der Waals surface area contributed by atoms with Gasteiger partial charge < -0.3 is 10.8 Å². The monoisotopic (exact) mass is 203 g/mol. The van der Waals surface area contributed by atoms with E-state index in [1.54, 1.807) is 11.8 Å². The molecule has 1 rings (SSSR count). The zero-order chi connectivity index (χ0) is 10.1. The molecule has 4 heteroatoms. The molecule has 1 saturated carbocycles. The second kappa shape index (κ2) is 3.50. The highest BCUT2D eigenvalue weighted by Gasteiger charge is 2.52. The first-order valence-electron chi connectivity index (χ1n) is 4.54. The van der Waals surface area contributed by atoms with Crippen molar-refractivity contribution < 1.29 is 9.90 Å². The molecule has 3 nitrogen and oxygen atoms in total. The fourth-order valence-electron chi connectivity index (χ4n) is 1.97. The number of thioether (sulfide) groups is 1. The van der Waals surface area contributed by atoms with Gasteiger partial charge in [0.2, 0.25) is 0 Å². The Kier molecular flexibility index (Phi) is 2.92. The predicted molar refractivity (Wildman–Crippen MR) is 54.9 cm³/mol. The van der Waals surface area contributed by atoms with E-state index in [0.29, 0.717) is 6.42 Å². The molecule has 76 valence electrons. The number of carboxylic acid groups (broad SMARTS) is 1. The van der Waals surface area contributed by atoms with Crippen LogP contribution in [0.5, 0.6) is 0 Å². The largest absolute Gasteiger partial charge is 0.480 e. The van der Waals surface area contributed by atoms with Crippen molar-refractivity contribution in [3.63, 3.8) is 0 Å². The van der Waals surface area contributed by atoms with Crippen LogP contribution in [0.4, 0.5) is 0 Å². The van der Waals surface area contributed by atoms with E-state index in [1.165, 1.54) is 0 Å². The van der Waals surface area contributed by atoms with Crippen LogP contribution in [-0.2, 0) is 4.79 Å². The average molecular weight is 203 g/mol. The highest BCUT2D eigenvalue weighted by Crippen LogP contribution is 2.44. The van der Waals surface area contributed by atoms with Crippen LogP contribution in [0.15, 0.2) is 0 Å². The molecule has 0 unspecified atom stereocenters. The third kappa shape index (κ3) is 1.57. The molecule has 1 aliphatic rings. The van der Waals surface area contributed by atoms with Crippen molar-refractivity contribution in [3.05, 3.63) is 0 Å². The first-order chi connectivity index (χ1) is 5.96. The molecule has 1 fully saturated rings. The summed E-state index contributed by atoms with van der Waals surface area (Å²) in [6.07, 6.45) is 5.45. The lowest BCUT2D eigenvalue weighted by Crippen LogP contribution is -2.63. The van der Waals surface area contributed by atoms with Crippen molar-refractivity contribution in [2.24, 2.45) is 5.73 Å². The minimum Gasteiger partial charge on any atom is -0.480 e. The summed E-state index contributed by atoms with van der Waals surface area (Å²) in [4.78, 5) is 11.1. The molecule has 0 aromatic rings. The Morgan fingerprint density at radius 2 is 2.00 bits per heavy atom. The summed E-state index contributed by atoms with van der Waals surface area (Å²) in [6.45, 7) is 1.96. The molecule has 2 atom stereocenters. The number of carbonyl (C=O) groups is 1. The maximum atomic E-state index is 11.1. The van der Waals surface area contributed by atoms with Crippen molar-refractivity contribution in [2.75, 3.05) is 6.26 Å². The molecule has 0 heterocycles. The van der Waals surface area contributed by atoms with Gasteiger partial charge in [-0.15, -0.1) is 0 Å². The molecule has 0 aromatic carbocycles. The van der Waals surface area contributed by atoms with Crippen LogP contribution >= 0.6 is 11.8 Å². The molecule has 13 heavy (non-hydrogen) atoms. The van der Waals surface area contributed by atoms with Crippen molar-refractivity contribution in [3.8, 4) is 0 Å². The van der Waals surface area contributed by atoms with Gasteiger partial charge in [-0.1, -0.05) is 12.8 Å². The lowest BCUT2D eigenvalue weighted by atomic mass is 9.73. The van der Waals surface area contributed by atoms with Gasteiger partial charge in [-0.3, -0.25) is 4.79 Å². The van der Waals surface area contributed by atoms with Gasteiger partial charge in [0.1, 0.15) is 5.54 Å². The first-order valence-corrected chi connectivity index (χ1v) is 5.76. The van der Waals surface area contributed by atoms with E-state index in [0.717, 1.165) is 19.3 Å². The average Bonchev–Trinajstić information content (AvgIpc) is 2.10. The molecule has 0 spiro atoms. The predicted octanol–water partition coefficient (Wildman–Crippen LogP) is 1.46. The summed E-state index contributed by atoms with van der Waals surface area (Å²) in [5.74, 6) is -0.857. The Labute approximate surface area is 83.1 Å². The van der Waals surface area contributed by atoms with Gasteiger partial charge in [0.15, 0.2) is 0 Å². The highest BCUT2D eigenvalue weighted by atomic mass is 32.2. The molecular formula is C9H17NO2S. The number of aliphatic carboxylic acids is 1. The summed E-state index contributed by atoms with van der Waals surface area (Å²) < 4.78 is -0.308. The quantitative estimate of drug-likeness (QED) is 0.713. The number of hydrogen-bond donors (Lipinski definition) is 2. The molecule has 0 aromatic heterocycles. The van der Waals surface area contributed by atoms with Gasteiger partial charge in [0.25, 0.3) is 0 Å². The number of carboxylic acids is 1. The third-order valence-electron chi connectivity index (χ3n) is 3.25. The normalized spacial score (nSPS) is 40.2. The zero-order valence-corrected chi connectivity index (χ0v) is 8.99. The van der Waals surface area contributed by atoms with Gasteiger partial charge in [-0.25, -0.2) is 0 Å². The smallest absolute Gasteiger partial charge is 0.325 e. The summed E-state index contributed by atoms with van der Waals surface area (Å²) >= 11 is 1.58. The lowest BCUT2D eigenvalue weighted by Gasteiger charge is -2.45. The zero-order valence-electron chi connectivity index (χ0n) is 8.17. The topological polar surface area (TPSA) is 63.3 Å². The molecule has 0 amide bonds. The standard InChI is InChI=1S/C9H17NO2S/c1-8(13-2)5-3-4-6-9(8,10)7(11)12/h3-6,10H2,1-2H3,(H,11,12)/t8-,9+/m0/s1. The Bertz CT molecular complexity index is 222. The van der Waals surface area contributed by atoms with Crippen LogP contribution in [0, 0.1) is 0 Å². The molecular weight excluding hydrogens is 186 g/mol. The van der Waals surface area contributed by atoms with Crippen molar-refractivity contribution in [1.82, 2.24) is 0 Å². The minimum atomic E-state index is -1.04. The maximum Gasteiger partial charge on any atom is 0.325 e. The first kappa shape index (κ1) is 10.9. The lowest BCUT2D eigenvalue weighted by molar-refractivity contribution is -0.145. The number of nitrogens with two attached hydrogens (primary N) is 1. The molecule has 0 aliphatic heterocycles. The van der Waals surface area contributed by atoms with Gasteiger partial charge in [0, 0.05) is 4.75 Å². The van der Waals surface area contributed by atoms with Gasteiger partial charge >= 0.3 is 5.97 Å². The molecule has 0 bridgehead atoms. The Balaban J connectivity index is 2.96. The number of rotatable bonds is 2. The van der Waals surface area contributed by atoms with Crippen LogP contribution in [0.3, 0.4) is 0 Å². The van der Waals surface area contributed by atoms with Crippen LogP contribution in [-0.4, -0.2) is 27.6 Å².